The molecular weight excluding hydrogens is 162 g/mol. The van der Waals surface area contributed by atoms with Crippen LogP contribution in [0.3, 0.4) is 0 Å². The van der Waals surface area contributed by atoms with E-state index < -0.39 is 0 Å². The fraction of sp³-hybridized carbons (Fsp3) is 0.909. The van der Waals surface area contributed by atoms with Crippen LogP contribution in [0.1, 0.15) is 39.0 Å². The number of hydrogen-bond donors (Lipinski definition) is 1. The normalized spacial score (nSPS) is 28.8. The summed E-state index contributed by atoms with van der Waals surface area (Å²) >= 11 is 0. The van der Waals surface area contributed by atoms with Crippen molar-refractivity contribution in [2.45, 2.75) is 39.0 Å². The second-order valence-corrected chi connectivity index (χ2v) is 4.28. The molecule has 0 aliphatic heterocycles. The zero-order valence-corrected chi connectivity index (χ0v) is 8.81. The van der Waals surface area contributed by atoms with Crippen molar-refractivity contribution in [2.24, 2.45) is 11.8 Å². The molecule has 1 saturated carbocycles. The molecule has 0 aromatic carbocycles. The Bertz CT molecular complexity index is 159. The van der Waals surface area contributed by atoms with Crippen LogP contribution in [-0.2, 0) is 4.79 Å². The molecule has 1 rings (SSSR count). The Hall–Kier alpha value is -0.370. The lowest BCUT2D eigenvalue weighted by molar-refractivity contribution is -0.123. The van der Waals surface area contributed by atoms with Gasteiger partial charge in [0.25, 0.3) is 0 Å². The van der Waals surface area contributed by atoms with Crippen molar-refractivity contribution in [2.75, 3.05) is 13.6 Å². The molecule has 0 saturated heterocycles. The van der Waals surface area contributed by atoms with Crippen molar-refractivity contribution in [1.82, 2.24) is 5.32 Å². The van der Waals surface area contributed by atoms with E-state index in [1.54, 1.807) is 0 Å². The van der Waals surface area contributed by atoms with Gasteiger partial charge in [-0.1, -0.05) is 19.8 Å². The molecule has 0 aromatic rings. The molecule has 1 N–H and O–H groups in total. The number of hydrogen-bond acceptors (Lipinski definition) is 2. The van der Waals surface area contributed by atoms with Crippen LogP contribution >= 0.6 is 0 Å². The molecule has 0 atom stereocenters. The van der Waals surface area contributed by atoms with E-state index in [2.05, 4.69) is 12.2 Å². The Balaban J connectivity index is 2.23. The molecule has 0 amide bonds. The minimum atomic E-state index is 0.379. The molecule has 0 bridgehead atoms. The van der Waals surface area contributed by atoms with E-state index >= 15 is 0 Å². The molecule has 0 aromatic heterocycles. The summed E-state index contributed by atoms with van der Waals surface area (Å²) < 4.78 is 0. The maximum absolute atomic E-state index is 11.6. The van der Waals surface area contributed by atoms with Gasteiger partial charge < -0.3 is 5.32 Å². The van der Waals surface area contributed by atoms with E-state index in [9.17, 15) is 4.79 Å². The Morgan fingerprint density at radius 1 is 1.31 bits per heavy atom. The van der Waals surface area contributed by atoms with E-state index in [-0.39, 0.29) is 0 Å². The highest BCUT2D eigenvalue weighted by molar-refractivity contribution is 5.81. The van der Waals surface area contributed by atoms with Crippen molar-refractivity contribution in [3.63, 3.8) is 0 Å². The van der Waals surface area contributed by atoms with Gasteiger partial charge in [-0.15, -0.1) is 0 Å². The SMILES string of the molecule is CNCCC(=O)C1CCC(C)CC1. The molecule has 0 heterocycles. The van der Waals surface area contributed by atoms with Crippen LogP contribution in [0.25, 0.3) is 0 Å². The fourth-order valence-corrected chi connectivity index (χ4v) is 2.03. The molecule has 0 spiro atoms. The van der Waals surface area contributed by atoms with E-state index in [0.717, 1.165) is 31.7 Å². The molecule has 1 aliphatic rings. The minimum absolute atomic E-state index is 0.379. The molecule has 1 aliphatic carbocycles. The Kier molecular flexibility index (Phi) is 4.43. The fourth-order valence-electron chi connectivity index (χ4n) is 2.03. The van der Waals surface area contributed by atoms with Gasteiger partial charge in [-0.3, -0.25) is 4.79 Å². The van der Waals surface area contributed by atoms with E-state index in [1.165, 1.54) is 12.8 Å². The van der Waals surface area contributed by atoms with Crippen molar-refractivity contribution in [1.29, 1.82) is 0 Å². The van der Waals surface area contributed by atoms with Gasteiger partial charge in [0.05, 0.1) is 0 Å². The molecule has 2 nitrogen and oxygen atoms in total. The Morgan fingerprint density at radius 3 is 2.46 bits per heavy atom. The number of Topliss-reactive ketones (excluding diaryl/α,β-unsaturated/α-hetero) is 1. The highest BCUT2D eigenvalue weighted by Crippen LogP contribution is 2.29. The average Bonchev–Trinajstić information content (AvgIpc) is 2.15. The summed E-state index contributed by atoms with van der Waals surface area (Å²) in [6.07, 6.45) is 5.47. The van der Waals surface area contributed by atoms with Gasteiger partial charge in [-0.25, -0.2) is 0 Å². The molecule has 1 fully saturated rings. The first-order valence-electron chi connectivity index (χ1n) is 5.41. The van der Waals surface area contributed by atoms with Gasteiger partial charge in [0.15, 0.2) is 0 Å². The third kappa shape index (κ3) is 3.47. The topological polar surface area (TPSA) is 29.1 Å². The average molecular weight is 183 g/mol. The zero-order chi connectivity index (χ0) is 9.68. The summed E-state index contributed by atoms with van der Waals surface area (Å²) in [6.45, 7) is 3.12. The summed E-state index contributed by atoms with van der Waals surface area (Å²) in [7, 11) is 1.90. The van der Waals surface area contributed by atoms with E-state index in [0.29, 0.717) is 11.7 Å². The third-order valence-electron chi connectivity index (χ3n) is 3.09. The first kappa shape index (κ1) is 10.7. The van der Waals surface area contributed by atoms with Gasteiger partial charge in [0.1, 0.15) is 5.78 Å². The van der Waals surface area contributed by atoms with Gasteiger partial charge in [-0.05, 0) is 25.8 Å². The van der Waals surface area contributed by atoms with E-state index in [1.807, 2.05) is 7.05 Å². The number of ketones is 1. The first-order chi connectivity index (χ1) is 6.24. The van der Waals surface area contributed by atoms with Crippen LogP contribution in [0.2, 0.25) is 0 Å². The smallest absolute Gasteiger partial charge is 0.137 e. The monoisotopic (exact) mass is 183 g/mol. The lowest BCUT2D eigenvalue weighted by atomic mass is 9.80. The number of carbonyl (C=O) groups is 1. The van der Waals surface area contributed by atoms with Crippen molar-refractivity contribution in [3.05, 3.63) is 0 Å². The Labute approximate surface area is 81.1 Å². The number of nitrogens with one attached hydrogen (secondary N) is 1. The van der Waals surface area contributed by atoms with Gasteiger partial charge in [-0.2, -0.15) is 0 Å². The second-order valence-electron chi connectivity index (χ2n) is 4.28. The highest BCUT2D eigenvalue weighted by atomic mass is 16.1. The predicted molar refractivity (Wildman–Crippen MR) is 54.7 cm³/mol. The van der Waals surface area contributed by atoms with Crippen LogP contribution in [0.15, 0.2) is 0 Å². The van der Waals surface area contributed by atoms with Crippen molar-refractivity contribution < 1.29 is 4.79 Å². The molecular formula is C11H21NO. The van der Waals surface area contributed by atoms with Crippen LogP contribution in [0.4, 0.5) is 0 Å². The van der Waals surface area contributed by atoms with Crippen LogP contribution in [0, 0.1) is 11.8 Å². The maximum atomic E-state index is 11.6. The third-order valence-corrected chi connectivity index (χ3v) is 3.09. The lowest BCUT2D eigenvalue weighted by Crippen LogP contribution is -2.23. The number of carbonyl (C=O) groups excluding carboxylic acids is 1. The molecule has 0 radical (unpaired) electrons. The lowest BCUT2D eigenvalue weighted by Gasteiger charge is -2.24. The summed E-state index contributed by atoms with van der Waals surface area (Å²) in [5.41, 5.74) is 0. The summed E-state index contributed by atoms with van der Waals surface area (Å²) in [5.74, 6) is 1.69. The predicted octanol–water partition coefficient (Wildman–Crippen LogP) is 1.99. The van der Waals surface area contributed by atoms with Crippen LogP contribution < -0.4 is 5.32 Å². The second kappa shape index (κ2) is 5.38. The van der Waals surface area contributed by atoms with Crippen LogP contribution in [0.5, 0.6) is 0 Å². The Morgan fingerprint density at radius 2 is 1.92 bits per heavy atom. The van der Waals surface area contributed by atoms with Crippen LogP contribution in [-0.4, -0.2) is 19.4 Å². The van der Waals surface area contributed by atoms with Gasteiger partial charge in [0, 0.05) is 18.9 Å². The van der Waals surface area contributed by atoms with Crippen molar-refractivity contribution in [3.8, 4) is 0 Å². The van der Waals surface area contributed by atoms with E-state index in [4.69, 9.17) is 0 Å². The van der Waals surface area contributed by atoms with Gasteiger partial charge >= 0.3 is 0 Å². The molecule has 76 valence electrons. The molecule has 13 heavy (non-hydrogen) atoms. The zero-order valence-electron chi connectivity index (χ0n) is 8.81. The standard InChI is InChI=1S/C11H21NO/c1-9-3-5-10(6-4-9)11(13)7-8-12-2/h9-10,12H,3-8H2,1-2H3. The largest absolute Gasteiger partial charge is 0.319 e. The molecule has 2 heteroatoms. The van der Waals surface area contributed by atoms with Gasteiger partial charge in [0.2, 0.25) is 0 Å². The maximum Gasteiger partial charge on any atom is 0.137 e. The summed E-state index contributed by atoms with van der Waals surface area (Å²) in [4.78, 5) is 11.6. The minimum Gasteiger partial charge on any atom is -0.319 e. The summed E-state index contributed by atoms with van der Waals surface area (Å²) in [5, 5.41) is 3.03. The quantitative estimate of drug-likeness (QED) is 0.722. The van der Waals surface area contributed by atoms with Crippen molar-refractivity contribution >= 4 is 5.78 Å². The first-order valence-corrected chi connectivity index (χ1v) is 5.41. The highest BCUT2D eigenvalue weighted by Gasteiger charge is 2.23. The summed E-state index contributed by atoms with van der Waals surface area (Å²) in [6, 6.07) is 0. The number of rotatable bonds is 4. The molecule has 0 unspecified atom stereocenters.